The first-order chi connectivity index (χ1) is 14.9. The predicted molar refractivity (Wildman–Crippen MR) is 115 cm³/mol. The second-order valence-corrected chi connectivity index (χ2v) is 8.91. The molecule has 3 rings (SSSR count). The van der Waals surface area contributed by atoms with Gasteiger partial charge < -0.3 is 19.8 Å². The van der Waals surface area contributed by atoms with Gasteiger partial charge in [0, 0.05) is 37.8 Å². The van der Waals surface area contributed by atoms with Crippen LogP contribution in [0, 0.1) is 0 Å². The molecule has 0 radical (unpaired) electrons. The molecule has 0 bridgehead atoms. The van der Waals surface area contributed by atoms with E-state index in [1.54, 1.807) is 12.1 Å². The van der Waals surface area contributed by atoms with Gasteiger partial charge in [-0.3, -0.25) is 9.59 Å². The molecule has 1 aromatic heterocycles. The Labute approximate surface area is 185 Å². The maximum atomic E-state index is 12.9. The Kier molecular flexibility index (Phi) is 7.85. The average molecular weight is 468 g/mol. The van der Waals surface area contributed by atoms with Gasteiger partial charge in [0.05, 0.1) is 24.5 Å². The number of rotatable bonds is 8. The number of halogens is 1. The largest absolute Gasteiger partial charge is 0.465 e. The molecule has 0 unspecified atom stereocenters. The molecule has 166 valence electrons. The number of morpholine rings is 1. The Morgan fingerprint density at radius 3 is 2.68 bits per heavy atom. The summed E-state index contributed by atoms with van der Waals surface area (Å²) in [6.07, 6.45) is 4.32. The maximum Gasteiger partial charge on any atom is 0.244 e. The van der Waals surface area contributed by atoms with Gasteiger partial charge in [0.2, 0.25) is 21.8 Å². The number of furan rings is 1. The fourth-order valence-corrected chi connectivity index (χ4v) is 4.74. The molecule has 1 saturated heterocycles. The Morgan fingerprint density at radius 2 is 1.97 bits per heavy atom. The minimum Gasteiger partial charge on any atom is -0.465 e. The lowest BCUT2D eigenvalue weighted by Gasteiger charge is -2.26. The lowest BCUT2D eigenvalue weighted by Crippen LogP contribution is -2.40. The van der Waals surface area contributed by atoms with E-state index in [4.69, 9.17) is 20.8 Å². The van der Waals surface area contributed by atoms with E-state index >= 15 is 0 Å². The number of sulfonamides is 1. The number of carbonyl (C=O) groups is 2. The average Bonchev–Trinajstić information content (AvgIpc) is 3.28. The first-order valence-electron chi connectivity index (χ1n) is 9.53. The molecule has 1 fully saturated rings. The zero-order valence-electron chi connectivity index (χ0n) is 16.5. The summed E-state index contributed by atoms with van der Waals surface area (Å²) in [6.45, 7) is 1.22. The first-order valence-corrected chi connectivity index (χ1v) is 11.3. The van der Waals surface area contributed by atoms with Crippen LogP contribution in [0.25, 0.3) is 6.08 Å². The van der Waals surface area contributed by atoms with Crippen molar-refractivity contribution in [3.8, 4) is 0 Å². The molecule has 2 amide bonds. The molecule has 9 nitrogen and oxygen atoms in total. The number of nitrogens with one attached hydrogen (secondary N) is 2. The minimum absolute atomic E-state index is 0.00844. The predicted octanol–water partition coefficient (Wildman–Crippen LogP) is 2.11. The molecule has 1 aliphatic rings. The number of ether oxygens (including phenoxy) is 1. The van der Waals surface area contributed by atoms with Crippen LogP contribution >= 0.6 is 11.6 Å². The monoisotopic (exact) mass is 467 g/mol. The first kappa shape index (κ1) is 23.0. The zero-order valence-corrected chi connectivity index (χ0v) is 18.1. The van der Waals surface area contributed by atoms with Crippen molar-refractivity contribution in [3.63, 3.8) is 0 Å². The minimum atomic E-state index is -3.81. The van der Waals surface area contributed by atoms with Gasteiger partial charge in [-0.15, -0.1) is 0 Å². The highest BCUT2D eigenvalue weighted by atomic mass is 35.5. The van der Waals surface area contributed by atoms with Crippen LogP contribution in [0.4, 0.5) is 5.69 Å². The van der Waals surface area contributed by atoms with Crippen molar-refractivity contribution >= 4 is 45.2 Å². The summed E-state index contributed by atoms with van der Waals surface area (Å²) in [4.78, 5) is 23.9. The SMILES string of the molecule is O=C(/C=C/c1ccco1)NCCC(=O)Nc1ccc(Cl)c(S(=O)(=O)N2CCOCC2)c1. The van der Waals surface area contributed by atoms with Crippen LogP contribution in [0.2, 0.25) is 5.02 Å². The van der Waals surface area contributed by atoms with Crippen molar-refractivity contribution in [2.45, 2.75) is 11.3 Å². The number of anilines is 1. The molecule has 1 aromatic carbocycles. The highest BCUT2D eigenvalue weighted by Gasteiger charge is 2.28. The topological polar surface area (TPSA) is 118 Å². The Morgan fingerprint density at radius 1 is 1.19 bits per heavy atom. The number of carbonyl (C=O) groups excluding carboxylic acids is 2. The van der Waals surface area contributed by atoms with Crippen LogP contribution in [0.1, 0.15) is 12.2 Å². The van der Waals surface area contributed by atoms with E-state index in [-0.39, 0.29) is 47.8 Å². The molecular weight excluding hydrogens is 446 g/mol. The van der Waals surface area contributed by atoms with Gasteiger partial charge in [-0.1, -0.05) is 11.6 Å². The van der Waals surface area contributed by atoms with Crippen molar-refractivity contribution < 1.29 is 27.2 Å². The number of amides is 2. The number of nitrogens with zero attached hydrogens (tertiary/aromatic N) is 1. The molecular formula is C20H22ClN3O6S. The normalized spacial score (nSPS) is 15.1. The van der Waals surface area contributed by atoms with Gasteiger partial charge in [-0.25, -0.2) is 8.42 Å². The zero-order chi connectivity index (χ0) is 22.3. The van der Waals surface area contributed by atoms with Crippen molar-refractivity contribution in [1.82, 2.24) is 9.62 Å². The second kappa shape index (κ2) is 10.6. The van der Waals surface area contributed by atoms with Crippen molar-refractivity contribution in [2.75, 3.05) is 38.2 Å². The van der Waals surface area contributed by atoms with E-state index in [9.17, 15) is 18.0 Å². The van der Waals surface area contributed by atoms with E-state index in [2.05, 4.69) is 10.6 Å². The summed E-state index contributed by atoms with van der Waals surface area (Å²) in [6, 6.07) is 7.68. The number of benzene rings is 1. The summed E-state index contributed by atoms with van der Waals surface area (Å²) in [5.41, 5.74) is 0.297. The standard InChI is InChI=1S/C20H22ClN3O6S/c21-17-5-3-15(14-18(17)31(27,28)24-9-12-29-13-10-24)23-20(26)7-8-22-19(25)6-4-16-2-1-11-30-16/h1-6,11,14H,7-10,12-13H2,(H,22,25)(H,23,26)/b6-4+. The third-order valence-electron chi connectivity index (χ3n) is 4.40. The van der Waals surface area contributed by atoms with Crippen molar-refractivity contribution in [3.05, 3.63) is 53.5 Å². The fourth-order valence-electron chi connectivity index (χ4n) is 2.83. The van der Waals surface area contributed by atoms with Crippen LogP contribution < -0.4 is 10.6 Å². The second-order valence-electron chi connectivity index (χ2n) is 6.60. The van der Waals surface area contributed by atoms with E-state index in [0.717, 1.165) is 0 Å². The molecule has 0 spiro atoms. The van der Waals surface area contributed by atoms with E-state index in [1.807, 2.05) is 0 Å². The summed E-state index contributed by atoms with van der Waals surface area (Å²) in [5.74, 6) is -0.208. The van der Waals surface area contributed by atoms with E-state index in [0.29, 0.717) is 24.7 Å². The quantitative estimate of drug-likeness (QED) is 0.574. The molecule has 0 aliphatic carbocycles. The van der Waals surface area contributed by atoms with Crippen molar-refractivity contribution in [1.29, 1.82) is 0 Å². The third-order valence-corrected chi connectivity index (χ3v) is 6.78. The van der Waals surface area contributed by atoms with Crippen LogP contribution in [0.15, 0.2) is 52.0 Å². The van der Waals surface area contributed by atoms with Gasteiger partial charge in [-0.2, -0.15) is 4.31 Å². The van der Waals surface area contributed by atoms with Crippen LogP contribution in [0.3, 0.4) is 0 Å². The molecule has 2 N–H and O–H groups in total. The Hall–Kier alpha value is -2.66. The summed E-state index contributed by atoms with van der Waals surface area (Å²) < 4.78 is 37.3. The molecule has 1 aliphatic heterocycles. The van der Waals surface area contributed by atoms with E-state index < -0.39 is 10.0 Å². The highest BCUT2D eigenvalue weighted by Crippen LogP contribution is 2.28. The Bertz CT molecular complexity index is 1050. The Balaban J connectivity index is 1.54. The third kappa shape index (κ3) is 6.41. The van der Waals surface area contributed by atoms with Gasteiger partial charge in [0.15, 0.2) is 0 Å². The van der Waals surface area contributed by atoms with Gasteiger partial charge in [0.1, 0.15) is 10.7 Å². The van der Waals surface area contributed by atoms with E-state index in [1.165, 1.54) is 40.9 Å². The smallest absolute Gasteiger partial charge is 0.244 e. The molecule has 2 aromatic rings. The highest BCUT2D eigenvalue weighted by molar-refractivity contribution is 7.89. The summed E-state index contributed by atoms with van der Waals surface area (Å²) >= 11 is 6.11. The molecule has 31 heavy (non-hydrogen) atoms. The molecule has 0 atom stereocenters. The van der Waals surface area contributed by atoms with Crippen LogP contribution in [-0.4, -0.2) is 57.4 Å². The van der Waals surface area contributed by atoms with Crippen molar-refractivity contribution in [2.24, 2.45) is 0 Å². The van der Waals surface area contributed by atoms with Crippen LogP contribution in [-0.2, 0) is 24.3 Å². The van der Waals surface area contributed by atoms with Crippen LogP contribution in [0.5, 0.6) is 0 Å². The molecule has 0 saturated carbocycles. The number of hydrogen-bond acceptors (Lipinski definition) is 6. The molecule has 2 heterocycles. The van der Waals surface area contributed by atoms with Gasteiger partial charge in [-0.05, 0) is 36.4 Å². The van der Waals surface area contributed by atoms with Gasteiger partial charge >= 0.3 is 0 Å². The molecule has 11 heteroatoms. The lowest BCUT2D eigenvalue weighted by molar-refractivity contribution is -0.117. The summed E-state index contributed by atoms with van der Waals surface area (Å²) in [7, 11) is -3.81. The maximum absolute atomic E-state index is 12.9. The van der Waals surface area contributed by atoms with Gasteiger partial charge in [0.25, 0.3) is 0 Å². The number of hydrogen-bond donors (Lipinski definition) is 2. The summed E-state index contributed by atoms with van der Waals surface area (Å²) in [5, 5.41) is 5.28. The lowest BCUT2D eigenvalue weighted by atomic mass is 10.3. The fraction of sp³-hybridized carbons (Fsp3) is 0.300.